The molecule has 1 N–H and O–H groups in total. The van der Waals surface area contributed by atoms with Crippen molar-refractivity contribution < 1.29 is 9.53 Å². The number of carbonyl (C=O) groups excluding carboxylic acids is 1. The number of ether oxygens (including phenoxy) is 1. The van der Waals surface area contributed by atoms with Crippen LogP contribution >= 0.6 is 11.3 Å². The standard InChI is InChI=1S/C15H17N5O2S/c1-11-17-18-15-20(11)19-14(23-15)7-9-16-13(21)8-10-22-12-5-3-2-4-6-12/h2-6H,7-10H2,1H3,(H,16,21). The van der Waals surface area contributed by atoms with Crippen LogP contribution in [-0.2, 0) is 11.2 Å². The minimum Gasteiger partial charge on any atom is -0.493 e. The zero-order valence-corrected chi connectivity index (χ0v) is 13.5. The molecule has 120 valence electrons. The number of hydrogen-bond acceptors (Lipinski definition) is 6. The van der Waals surface area contributed by atoms with Crippen molar-refractivity contribution in [3.63, 3.8) is 0 Å². The van der Waals surface area contributed by atoms with Gasteiger partial charge in [-0.1, -0.05) is 29.5 Å². The maximum Gasteiger partial charge on any atom is 0.234 e. The molecule has 0 spiro atoms. The van der Waals surface area contributed by atoms with E-state index in [1.54, 1.807) is 4.52 Å². The highest BCUT2D eigenvalue weighted by molar-refractivity contribution is 7.16. The van der Waals surface area contributed by atoms with Crippen LogP contribution in [0.3, 0.4) is 0 Å². The van der Waals surface area contributed by atoms with Crippen LogP contribution in [-0.4, -0.2) is 38.9 Å². The van der Waals surface area contributed by atoms with Crippen LogP contribution in [0.4, 0.5) is 0 Å². The first-order valence-corrected chi connectivity index (χ1v) is 8.16. The maximum absolute atomic E-state index is 11.8. The van der Waals surface area contributed by atoms with Gasteiger partial charge in [-0.25, -0.2) is 0 Å². The molecule has 0 aliphatic rings. The van der Waals surface area contributed by atoms with Crippen molar-refractivity contribution in [2.45, 2.75) is 19.8 Å². The molecular weight excluding hydrogens is 314 g/mol. The second-order valence-corrected chi connectivity index (χ2v) is 5.99. The molecule has 3 rings (SSSR count). The topological polar surface area (TPSA) is 81.4 Å². The smallest absolute Gasteiger partial charge is 0.234 e. The van der Waals surface area contributed by atoms with Crippen LogP contribution in [0, 0.1) is 6.92 Å². The van der Waals surface area contributed by atoms with Gasteiger partial charge in [-0.05, 0) is 19.1 Å². The molecular formula is C15H17N5O2S. The van der Waals surface area contributed by atoms with Gasteiger partial charge in [-0.3, -0.25) is 4.79 Å². The largest absolute Gasteiger partial charge is 0.493 e. The lowest BCUT2D eigenvalue weighted by Gasteiger charge is -2.06. The average molecular weight is 331 g/mol. The van der Waals surface area contributed by atoms with Crippen LogP contribution in [0.2, 0.25) is 0 Å². The Labute approximate surface area is 137 Å². The highest BCUT2D eigenvalue weighted by atomic mass is 32.1. The van der Waals surface area contributed by atoms with E-state index in [2.05, 4.69) is 20.6 Å². The summed E-state index contributed by atoms with van der Waals surface area (Å²) in [5.41, 5.74) is 0. The fraction of sp³-hybridized carbons (Fsp3) is 0.333. The molecule has 0 fully saturated rings. The molecule has 8 heteroatoms. The second-order valence-electron chi connectivity index (χ2n) is 4.95. The third kappa shape index (κ3) is 4.04. The number of hydrogen-bond donors (Lipinski definition) is 1. The van der Waals surface area contributed by atoms with Gasteiger partial charge in [0.1, 0.15) is 10.8 Å². The molecule has 0 radical (unpaired) electrons. The Morgan fingerprint density at radius 1 is 1.30 bits per heavy atom. The van der Waals surface area contributed by atoms with E-state index in [1.165, 1.54) is 11.3 Å². The highest BCUT2D eigenvalue weighted by Crippen LogP contribution is 2.13. The zero-order valence-electron chi connectivity index (χ0n) is 12.7. The Kier molecular flexibility index (Phi) is 4.82. The van der Waals surface area contributed by atoms with Crippen molar-refractivity contribution in [3.05, 3.63) is 41.2 Å². The van der Waals surface area contributed by atoms with E-state index < -0.39 is 0 Å². The van der Waals surface area contributed by atoms with Gasteiger partial charge >= 0.3 is 0 Å². The van der Waals surface area contributed by atoms with Gasteiger partial charge in [-0.2, -0.15) is 9.61 Å². The number of rotatable bonds is 7. The van der Waals surface area contributed by atoms with E-state index in [0.717, 1.165) is 21.5 Å². The Morgan fingerprint density at radius 2 is 2.13 bits per heavy atom. The predicted molar refractivity (Wildman–Crippen MR) is 86.7 cm³/mol. The zero-order chi connectivity index (χ0) is 16.1. The molecule has 7 nitrogen and oxygen atoms in total. The summed E-state index contributed by atoms with van der Waals surface area (Å²) in [5, 5.41) is 16.2. The van der Waals surface area contributed by atoms with Gasteiger partial charge in [0.25, 0.3) is 0 Å². The van der Waals surface area contributed by atoms with E-state index in [0.29, 0.717) is 26.0 Å². The van der Waals surface area contributed by atoms with Gasteiger partial charge < -0.3 is 10.1 Å². The minimum absolute atomic E-state index is 0.0277. The van der Waals surface area contributed by atoms with Gasteiger partial charge in [0.05, 0.1) is 13.0 Å². The Hall–Kier alpha value is -2.48. The van der Waals surface area contributed by atoms with Crippen molar-refractivity contribution >= 4 is 22.2 Å². The fourth-order valence-corrected chi connectivity index (χ4v) is 2.91. The first kappa shape index (κ1) is 15.4. The van der Waals surface area contributed by atoms with Gasteiger partial charge in [0, 0.05) is 13.0 Å². The molecule has 1 amide bonds. The SMILES string of the molecule is Cc1nnc2sc(CCNC(=O)CCOc3ccccc3)nn12. The summed E-state index contributed by atoms with van der Waals surface area (Å²) in [6, 6.07) is 9.46. The van der Waals surface area contributed by atoms with Gasteiger partial charge in [0.15, 0.2) is 5.82 Å². The van der Waals surface area contributed by atoms with Crippen molar-refractivity contribution in [1.29, 1.82) is 0 Å². The van der Waals surface area contributed by atoms with Crippen LogP contribution in [0.15, 0.2) is 30.3 Å². The number of aromatic nitrogens is 4. The number of nitrogens with one attached hydrogen (secondary N) is 1. The number of nitrogens with zero attached hydrogens (tertiary/aromatic N) is 4. The van der Waals surface area contributed by atoms with E-state index >= 15 is 0 Å². The molecule has 0 aliphatic heterocycles. The summed E-state index contributed by atoms with van der Waals surface area (Å²) in [4.78, 5) is 12.5. The number of benzene rings is 1. The van der Waals surface area contributed by atoms with Crippen LogP contribution in [0.25, 0.3) is 4.96 Å². The number of fused-ring (bicyclic) bond motifs is 1. The number of amides is 1. The van der Waals surface area contributed by atoms with Gasteiger partial charge in [0.2, 0.25) is 10.9 Å². The molecule has 0 saturated heterocycles. The quantitative estimate of drug-likeness (QED) is 0.711. The predicted octanol–water partition coefficient (Wildman–Crippen LogP) is 1.62. The lowest BCUT2D eigenvalue weighted by molar-refractivity contribution is -0.121. The average Bonchev–Trinajstić information content (AvgIpc) is 3.10. The van der Waals surface area contributed by atoms with Crippen molar-refractivity contribution in [3.8, 4) is 5.75 Å². The molecule has 1 aromatic carbocycles. The number of carbonyl (C=O) groups is 1. The van der Waals surface area contributed by atoms with E-state index in [-0.39, 0.29) is 5.91 Å². The molecule has 2 aromatic heterocycles. The Balaban J connectivity index is 1.37. The molecule has 0 atom stereocenters. The van der Waals surface area contributed by atoms with Crippen molar-refractivity contribution in [2.24, 2.45) is 0 Å². The first-order chi connectivity index (χ1) is 11.2. The van der Waals surface area contributed by atoms with E-state index in [9.17, 15) is 4.79 Å². The van der Waals surface area contributed by atoms with Gasteiger partial charge in [-0.15, -0.1) is 10.2 Å². The molecule has 23 heavy (non-hydrogen) atoms. The molecule has 0 aliphatic carbocycles. The third-order valence-electron chi connectivity index (χ3n) is 3.19. The summed E-state index contributed by atoms with van der Waals surface area (Å²) in [7, 11) is 0. The van der Waals surface area contributed by atoms with Crippen LogP contribution in [0.5, 0.6) is 5.75 Å². The monoisotopic (exact) mass is 331 g/mol. The third-order valence-corrected chi connectivity index (χ3v) is 4.15. The molecule has 2 heterocycles. The van der Waals surface area contributed by atoms with Crippen molar-refractivity contribution in [2.75, 3.05) is 13.2 Å². The molecule has 3 aromatic rings. The summed E-state index contributed by atoms with van der Waals surface area (Å²) in [6.07, 6.45) is 1.01. The summed E-state index contributed by atoms with van der Waals surface area (Å²) in [5.74, 6) is 1.51. The molecule has 0 bridgehead atoms. The van der Waals surface area contributed by atoms with E-state index in [1.807, 2.05) is 37.3 Å². The van der Waals surface area contributed by atoms with Crippen LogP contribution in [0.1, 0.15) is 17.3 Å². The maximum atomic E-state index is 11.8. The summed E-state index contributed by atoms with van der Waals surface area (Å²) >= 11 is 1.49. The molecule has 0 saturated carbocycles. The first-order valence-electron chi connectivity index (χ1n) is 7.34. The molecule has 0 unspecified atom stereocenters. The number of aryl methyl sites for hydroxylation is 1. The summed E-state index contributed by atoms with van der Waals surface area (Å²) in [6.45, 7) is 2.77. The van der Waals surface area contributed by atoms with Crippen molar-refractivity contribution in [1.82, 2.24) is 25.1 Å². The highest BCUT2D eigenvalue weighted by Gasteiger charge is 2.09. The normalized spacial score (nSPS) is 10.8. The second kappa shape index (κ2) is 7.19. The fourth-order valence-electron chi connectivity index (χ4n) is 2.03. The Morgan fingerprint density at radius 3 is 2.91 bits per heavy atom. The van der Waals surface area contributed by atoms with Crippen LogP contribution < -0.4 is 10.1 Å². The van der Waals surface area contributed by atoms with E-state index in [4.69, 9.17) is 4.74 Å². The minimum atomic E-state index is -0.0277. The lowest BCUT2D eigenvalue weighted by Crippen LogP contribution is -2.27. The summed E-state index contributed by atoms with van der Waals surface area (Å²) < 4.78 is 7.21. The number of para-hydroxylation sites is 1. The lowest BCUT2D eigenvalue weighted by atomic mass is 10.3. The Bertz CT molecular complexity index is 784.